The fourth-order valence-electron chi connectivity index (χ4n) is 4.43. The molecule has 2 aliphatic rings. The second-order valence-corrected chi connectivity index (χ2v) is 8.49. The summed E-state index contributed by atoms with van der Waals surface area (Å²) in [4.78, 5) is 37.9. The molecule has 0 bridgehead atoms. The van der Waals surface area contributed by atoms with Crippen molar-refractivity contribution in [2.24, 2.45) is 0 Å². The largest absolute Gasteiger partial charge is 0.493 e. The molecule has 0 spiro atoms. The van der Waals surface area contributed by atoms with E-state index in [4.69, 9.17) is 14.7 Å². The lowest BCUT2D eigenvalue weighted by atomic mass is 10.0. The van der Waals surface area contributed by atoms with Gasteiger partial charge < -0.3 is 19.9 Å². The maximum absolute atomic E-state index is 12.7. The van der Waals surface area contributed by atoms with Crippen molar-refractivity contribution in [3.05, 3.63) is 46.9 Å². The first-order valence-corrected chi connectivity index (χ1v) is 11.3. The minimum atomic E-state index is 0.0624. The standard InChI is InChI=1S/C24H31N5O3/c1-16-6-4-5-7-21(16)32-13-10-22(31)29-11-8-18(14-29)23-26-20-15-28(17(2)30)12-9-19(20)24(25-3)27-23/h4-7,18H,8-15H2,1-3H3,(H,25,26,27). The quantitative estimate of drug-likeness (QED) is 0.747. The summed E-state index contributed by atoms with van der Waals surface area (Å²) in [6.45, 7) is 6.47. The van der Waals surface area contributed by atoms with Crippen molar-refractivity contribution in [2.75, 3.05) is 38.6 Å². The number of hydrogen-bond donors (Lipinski definition) is 1. The van der Waals surface area contributed by atoms with Crippen LogP contribution in [0.2, 0.25) is 0 Å². The van der Waals surface area contributed by atoms with Gasteiger partial charge in [0, 0.05) is 45.1 Å². The number of carbonyl (C=O) groups excluding carboxylic acids is 2. The predicted octanol–water partition coefficient (Wildman–Crippen LogP) is 2.52. The second kappa shape index (κ2) is 9.54. The number of anilines is 1. The third kappa shape index (κ3) is 4.69. The lowest BCUT2D eigenvalue weighted by Crippen LogP contribution is -2.35. The van der Waals surface area contributed by atoms with Crippen LogP contribution in [-0.4, -0.2) is 64.9 Å². The van der Waals surface area contributed by atoms with E-state index in [-0.39, 0.29) is 17.7 Å². The van der Waals surface area contributed by atoms with Crippen molar-refractivity contribution < 1.29 is 14.3 Å². The molecular weight excluding hydrogens is 406 g/mol. The highest BCUT2D eigenvalue weighted by atomic mass is 16.5. The van der Waals surface area contributed by atoms with Crippen LogP contribution in [0.5, 0.6) is 5.75 Å². The Morgan fingerprint density at radius 2 is 2.00 bits per heavy atom. The highest BCUT2D eigenvalue weighted by molar-refractivity contribution is 5.76. The maximum atomic E-state index is 12.7. The van der Waals surface area contributed by atoms with Gasteiger partial charge in [-0.25, -0.2) is 9.97 Å². The van der Waals surface area contributed by atoms with Crippen LogP contribution in [-0.2, 0) is 22.6 Å². The van der Waals surface area contributed by atoms with E-state index in [1.54, 1.807) is 6.92 Å². The van der Waals surface area contributed by atoms with Crippen LogP contribution in [0.1, 0.15) is 48.3 Å². The maximum Gasteiger partial charge on any atom is 0.226 e. The zero-order valence-corrected chi connectivity index (χ0v) is 19.1. The molecule has 1 N–H and O–H groups in total. The number of likely N-dealkylation sites (tertiary alicyclic amines) is 1. The van der Waals surface area contributed by atoms with Crippen LogP contribution in [0.4, 0.5) is 5.82 Å². The third-order valence-corrected chi connectivity index (χ3v) is 6.34. The van der Waals surface area contributed by atoms with Crippen molar-refractivity contribution in [3.8, 4) is 5.75 Å². The van der Waals surface area contributed by atoms with Gasteiger partial charge in [-0.1, -0.05) is 18.2 Å². The average molecular weight is 438 g/mol. The van der Waals surface area contributed by atoms with Crippen LogP contribution in [0.3, 0.4) is 0 Å². The van der Waals surface area contributed by atoms with E-state index < -0.39 is 0 Å². The highest BCUT2D eigenvalue weighted by Crippen LogP contribution is 2.30. The minimum absolute atomic E-state index is 0.0624. The molecule has 1 fully saturated rings. The summed E-state index contributed by atoms with van der Waals surface area (Å²) in [5, 5.41) is 3.19. The van der Waals surface area contributed by atoms with E-state index in [1.807, 2.05) is 48.0 Å². The molecule has 3 heterocycles. The van der Waals surface area contributed by atoms with Gasteiger partial charge in [-0.05, 0) is 31.4 Å². The van der Waals surface area contributed by atoms with Gasteiger partial charge in [0.2, 0.25) is 11.8 Å². The summed E-state index contributed by atoms with van der Waals surface area (Å²) >= 11 is 0. The smallest absolute Gasteiger partial charge is 0.226 e. The van der Waals surface area contributed by atoms with Crippen molar-refractivity contribution >= 4 is 17.6 Å². The Kier molecular flexibility index (Phi) is 6.58. The van der Waals surface area contributed by atoms with Gasteiger partial charge in [-0.15, -0.1) is 0 Å². The number of fused-ring (bicyclic) bond motifs is 1. The van der Waals surface area contributed by atoms with Crippen LogP contribution < -0.4 is 10.1 Å². The van der Waals surface area contributed by atoms with E-state index in [9.17, 15) is 9.59 Å². The molecule has 1 unspecified atom stereocenters. The normalized spacial score (nSPS) is 17.8. The Morgan fingerprint density at radius 1 is 1.19 bits per heavy atom. The Balaban J connectivity index is 1.38. The first kappa shape index (κ1) is 22.0. The third-order valence-electron chi connectivity index (χ3n) is 6.34. The number of para-hydroxylation sites is 1. The zero-order chi connectivity index (χ0) is 22.7. The number of nitrogens with zero attached hydrogens (tertiary/aromatic N) is 4. The predicted molar refractivity (Wildman–Crippen MR) is 122 cm³/mol. The lowest BCUT2D eigenvalue weighted by Gasteiger charge is -2.29. The number of ether oxygens (including phenoxy) is 1. The molecule has 1 saturated heterocycles. The SMILES string of the molecule is CNc1nc(C2CCN(C(=O)CCOc3ccccc3C)C2)nc2c1CCN(C(C)=O)C2. The van der Waals surface area contributed by atoms with Gasteiger partial charge >= 0.3 is 0 Å². The van der Waals surface area contributed by atoms with Crippen molar-refractivity contribution in [2.45, 2.75) is 45.6 Å². The molecule has 0 saturated carbocycles. The number of nitrogens with one attached hydrogen (secondary N) is 1. The molecule has 1 atom stereocenters. The summed E-state index contributed by atoms with van der Waals surface area (Å²) in [6.07, 6.45) is 1.94. The lowest BCUT2D eigenvalue weighted by molar-refractivity contribution is -0.131. The fourth-order valence-corrected chi connectivity index (χ4v) is 4.43. The summed E-state index contributed by atoms with van der Waals surface area (Å²) in [7, 11) is 1.86. The molecule has 170 valence electrons. The topological polar surface area (TPSA) is 87.7 Å². The summed E-state index contributed by atoms with van der Waals surface area (Å²) < 4.78 is 5.79. The van der Waals surface area contributed by atoms with E-state index in [0.29, 0.717) is 39.2 Å². The van der Waals surface area contributed by atoms with Crippen LogP contribution >= 0.6 is 0 Å². The molecule has 32 heavy (non-hydrogen) atoms. The van der Waals surface area contributed by atoms with Gasteiger partial charge in [0.15, 0.2) is 0 Å². The Bertz CT molecular complexity index is 1010. The van der Waals surface area contributed by atoms with Gasteiger partial charge in [0.05, 0.1) is 25.3 Å². The number of aromatic nitrogens is 2. The molecule has 8 nitrogen and oxygen atoms in total. The number of aryl methyl sites for hydroxylation is 1. The number of amides is 2. The first-order chi connectivity index (χ1) is 15.5. The van der Waals surface area contributed by atoms with Crippen molar-refractivity contribution in [1.82, 2.24) is 19.8 Å². The van der Waals surface area contributed by atoms with Crippen molar-refractivity contribution in [3.63, 3.8) is 0 Å². The zero-order valence-electron chi connectivity index (χ0n) is 19.1. The molecule has 2 aliphatic heterocycles. The first-order valence-electron chi connectivity index (χ1n) is 11.3. The van der Waals surface area contributed by atoms with E-state index in [0.717, 1.165) is 47.1 Å². The Morgan fingerprint density at radius 3 is 2.75 bits per heavy atom. The van der Waals surface area contributed by atoms with Gasteiger partial charge in [-0.3, -0.25) is 9.59 Å². The number of benzene rings is 1. The van der Waals surface area contributed by atoms with Crippen LogP contribution in [0.25, 0.3) is 0 Å². The van der Waals surface area contributed by atoms with E-state index in [1.165, 1.54) is 0 Å². The molecule has 8 heteroatoms. The fraction of sp³-hybridized carbons (Fsp3) is 0.500. The molecule has 0 radical (unpaired) electrons. The molecule has 1 aromatic carbocycles. The Labute approximate surface area is 189 Å². The average Bonchev–Trinajstić information content (AvgIpc) is 3.29. The van der Waals surface area contributed by atoms with Crippen LogP contribution in [0, 0.1) is 6.92 Å². The van der Waals surface area contributed by atoms with Crippen LogP contribution in [0.15, 0.2) is 24.3 Å². The second-order valence-electron chi connectivity index (χ2n) is 8.49. The Hall–Kier alpha value is -3.16. The van der Waals surface area contributed by atoms with Crippen molar-refractivity contribution in [1.29, 1.82) is 0 Å². The highest BCUT2D eigenvalue weighted by Gasteiger charge is 2.31. The van der Waals surface area contributed by atoms with E-state index >= 15 is 0 Å². The molecule has 2 amide bonds. The summed E-state index contributed by atoms with van der Waals surface area (Å²) in [5.74, 6) is 2.67. The number of hydrogen-bond acceptors (Lipinski definition) is 6. The number of carbonyl (C=O) groups is 2. The molecular formula is C24H31N5O3. The molecule has 2 aromatic rings. The van der Waals surface area contributed by atoms with Gasteiger partial charge in [-0.2, -0.15) is 0 Å². The summed E-state index contributed by atoms with van der Waals surface area (Å²) in [6, 6.07) is 7.82. The molecule has 0 aliphatic carbocycles. The number of rotatable bonds is 6. The van der Waals surface area contributed by atoms with Gasteiger partial charge in [0.25, 0.3) is 0 Å². The van der Waals surface area contributed by atoms with Gasteiger partial charge in [0.1, 0.15) is 17.4 Å². The summed E-state index contributed by atoms with van der Waals surface area (Å²) in [5.41, 5.74) is 3.07. The van der Waals surface area contributed by atoms with E-state index in [2.05, 4.69) is 5.32 Å². The molecule has 4 rings (SSSR count). The minimum Gasteiger partial charge on any atom is -0.493 e. The molecule has 1 aromatic heterocycles. The monoisotopic (exact) mass is 437 g/mol.